The van der Waals surface area contributed by atoms with Crippen LogP contribution in [0.25, 0.3) is 0 Å². The molecule has 0 amide bonds. The van der Waals surface area contributed by atoms with E-state index in [0.29, 0.717) is 11.7 Å². The van der Waals surface area contributed by atoms with E-state index < -0.39 is 11.1 Å². The molecule has 29 heavy (non-hydrogen) atoms. The van der Waals surface area contributed by atoms with Gasteiger partial charge in [0.25, 0.3) is 0 Å². The Kier molecular flexibility index (Phi) is 5.29. The topological polar surface area (TPSA) is 20.2 Å². The van der Waals surface area contributed by atoms with Crippen LogP contribution in [0.4, 0.5) is 4.39 Å². The summed E-state index contributed by atoms with van der Waals surface area (Å²) >= 11 is 4.33. The molecule has 0 aliphatic rings. The zero-order valence-corrected chi connectivity index (χ0v) is 18.2. The molecule has 0 heterocycles. The summed E-state index contributed by atoms with van der Waals surface area (Å²) in [5.74, 6) is -0.471. The first-order valence-corrected chi connectivity index (χ1v) is 13.8. The van der Waals surface area contributed by atoms with Crippen LogP contribution in [0.15, 0.2) is 109 Å². The molecule has 4 aromatic carbocycles. The Balaban J connectivity index is 2.09. The summed E-state index contributed by atoms with van der Waals surface area (Å²) in [5, 5.41) is 10.8. The fourth-order valence-electron chi connectivity index (χ4n) is 3.93. The molecule has 1 nitrogen and oxygen atoms in total. The summed E-state index contributed by atoms with van der Waals surface area (Å²) in [7, 11) is 0. The van der Waals surface area contributed by atoms with Crippen molar-refractivity contribution in [2.75, 3.05) is 0 Å². The summed E-state index contributed by atoms with van der Waals surface area (Å²) in [6.07, 6.45) is 0.524. The zero-order valence-electron chi connectivity index (χ0n) is 15.7. The number of hydrogen-bond acceptors (Lipinski definition) is 1. The van der Waals surface area contributed by atoms with Gasteiger partial charge in [-0.1, -0.05) is 0 Å². The van der Waals surface area contributed by atoms with E-state index in [0.717, 1.165) is 15.9 Å². The van der Waals surface area contributed by atoms with E-state index in [2.05, 4.69) is 51.9 Å². The van der Waals surface area contributed by atoms with Crippen molar-refractivity contribution < 1.29 is 9.50 Å². The van der Waals surface area contributed by atoms with Crippen LogP contribution in [-0.4, -0.2) is 5.11 Å². The van der Waals surface area contributed by atoms with Gasteiger partial charge in [-0.25, -0.2) is 0 Å². The fourth-order valence-corrected chi connectivity index (χ4v) is 11.6. The number of halogens is 2. The van der Waals surface area contributed by atoms with Crippen LogP contribution in [0.3, 0.4) is 0 Å². The molecule has 0 bridgehead atoms. The van der Waals surface area contributed by atoms with E-state index in [9.17, 15) is 9.50 Å². The fraction of sp³-hybridized carbons (Fsp3) is 0.0400. The third kappa shape index (κ3) is 3.39. The van der Waals surface area contributed by atoms with Gasteiger partial charge in [-0.3, -0.25) is 0 Å². The second-order valence-electron chi connectivity index (χ2n) is 7.12. The molecule has 4 rings (SSSR count). The first-order valence-electron chi connectivity index (χ1n) is 9.39. The van der Waals surface area contributed by atoms with Crippen LogP contribution in [-0.2, 0) is 6.16 Å². The molecule has 0 aliphatic heterocycles. The second-order valence-corrected chi connectivity index (χ2v) is 16.0. The summed E-state index contributed by atoms with van der Waals surface area (Å²) in [6, 6.07) is 35.3. The second kappa shape index (κ2) is 7.74. The van der Waals surface area contributed by atoms with Crippen LogP contribution in [0.2, 0.25) is 0 Å². The molecule has 0 unspecified atom stereocenters. The van der Waals surface area contributed by atoms with Crippen molar-refractivity contribution in [1.29, 1.82) is 0 Å². The van der Waals surface area contributed by atoms with Gasteiger partial charge in [0.05, 0.1) is 0 Å². The number of benzene rings is 4. The van der Waals surface area contributed by atoms with E-state index in [1.807, 2.05) is 54.6 Å². The third-order valence-corrected chi connectivity index (χ3v) is 14.9. The van der Waals surface area contributed by atoms with E-state index in [1.54, 1.807) is 6.07 Å². The molecule has 0 spiro atoms. The van der Waals surface area contributed by atoms with Crippen molar-refractivity contribution in [2.24, 2.45) is 0 Å². The average molecular weight is 467 g/mol. The molecule has 0 aromatic heterocycles. The minimum absolute atomic E-state index is 0.0266. The molecular weight excluding hydrogens is 446 g/mol. The molecule has 0 radical (unpaired) electrons. The number of phenolic OH excluding ortho intramolecular Hbond substituents is 1. The Labute approximate surface area is 178 Å². The number of aromatic hydroxyl groups is 1. The molecule has 146 valence electrons. The Bertz CT molecular complexity index is 1020. The third-order valence-electron chi connectivity index (χ3n) is 5.40. The summed E-state index contributed by atoms with van der Waals surface area (Å²) < 4.78 is 13.7. The average Bonchev–Trinajstić information content (AvgIpc) is 2.78. The van der Waals surface area contributed by atoms with Crippen LogP contribution in [0.1, 0.15) is 5.56 Å². The molecule has 0 saturated carbocycles. The summed E-state index contributed by atoms with van der Waals surface area (Å²) in [5.41, 5.74) is 0.706. The van der Waals surface area contributed by atoms with Crippen molar-refractivity contribution in [2.45, 2.75) is 6.16 Å². The Morgan fingerprint density at radius 3 is 1.45 bits per heavy atom. The van der Waals surface area contributed by atoms with E-state index >= 15 is 0 Å². The van der Waals surface area contributed by atoms with Gasteiger partial charge < -0.3 is 0 Å². The van der Waals surface area contributed by atoms with Crippen LogP contribution in [0, 0.1) is 5.82 Å². The maximum atomic E-state index is 13.7. The number of hydrogen-bond donors (Lipinski definition) is 1. The number of phenols is 1. The van der Waals surface area contributed by atoms with Gasteiger partial charge in [-0.2, -0.15) is 0 Å². The molecule has 4 aromatic rings. The van der Waals surface area contributed by atoms with E-state index in [-0.39, 0.29) is 5.75 Å². The van der Waals surface area contributed by atoms with Crippen molar-refractivity contribution >= 4 is 36.7 Å². The minimum atomic E-state index is -3.20. The van der Waals surface area contributed by atoms with Crippen LogP contribution >= 0.6 is 20.8 Å². The monoisotopic (exact) mass is 466 g/mol. The Morgan fingerprint density at radius 2 is 1.07 bits per heavy atom. The Morgan fingerprint density at radius 1 is 0.655 bits per heavy atom. The van der Waals surface area contributed by atoms with Crippen molar-refractivity contribution in [3.05, 3.63) is 121 Å². The predicted molar refractivity (Wildman–Crippen MR) is 126 cm³/mol. The maximum absolute atomic E-state index is 13.7. The van der Waals surface area contributed by atoms with Gasteiger partial charge in [0, 0.05) is 0 Å². The SMILES string of the molecule is Oc1cc(F)ccc1CP(Br)(c1ccccc1)(c1ccccc1)c1ccccc1. The van der Waals surface area contributed by atoms with Gasteiger partial charge in [0.15, 0.2) is 0 Å². The molecule has 0 saturated heterocycles. The molecule has 0 fully saturated rings. The van der Waals surface area contributed by atoms with Gasteiger partial charge in [0.2, 0.25) is 0 Å². The normalized spacial score (nSPS) is 12.8. The van der Waals surface area contributed by atoms with Gasteiger partial charge in [-0.05, 0) is 0 Å². The summed E-state index contributed by atoms with van der Waals surface area (Å²) in [6.45, 7) is 0. The van der Waals surface area contributed by atoms with Crippen molar-refractivity contribution in [3.8, 4) is 5.75 Å². The van der Waals surface area contributed by atoms with Crippen LogP contribution < -0.4 is 15.9 Å². The van der Waals surface area contributed by atoms with E-state index in [4.69, 9.17) is 0 Å². The van der Waals surface area contributed by atoms with Crippen molar-refractivity contribution in [3.63, 3.8) is 0 Å². The number of rotatable bonds is 5. The molecule has 4 heteroatoms. The Hall–Kier alpha value is -2.48. The predicted octanol–water partition coefficient (Wildman–Crippen LogP) is 5.87. The first kappa shape index (κ1) is 19.8. The molecule has 1 N–H and O–H groups in total. The standard InChI is InChI=1S/C25H21BrFOP/c26-29(22-10-4-1-5-11-22,23-12-6-2-7-13-23,24-14-8-3-9-15-24)19-20-16-17-21(27)18-25(20)28/h1-18,28H,19H2. The molecule has 0 aliphatic carbocycles. The van der Waals surface area contributed by atoms with Gasteiger partial charge in [0.1, 0.15) is 0 Å². The zero-order chi connectivity index (χ0) is 20.3. The summed E-state index contributed by atoms with van der Waals surface area (Å²) in [4.78, 5) is 0. The first-order chi connectivity index (χ1) is 14.0. The van der Waals surface area contributed by atoms with Gasteiger partial charge >= 0.3 is 179 Å². The molecular formula is C25H21BrFOP. The van der Waals surface area contributed by atoms with E-state index in [1.165, 1.54) is 12.1 Å². The van der Waals surface area contributed by atoms with Crippen LogP contribution in [0.5, 0.6) is 5.75 Å². The van der Waals surface area contributed by atoms with Gasteiger partial charge in [-0.15, -0.1) is 0 Å². The molecule has 0 atom stereocenters. The quantitative estimate of drug-likeness (QED) is 0.364. The van der Waals surface area contributed by atoms with Crippen molar-refractivity contribution in [1.82, 2.24) is 0 Å².